The number of benzene rings is 3. The summed E-state index contributed by atoms with van der Waals surface area (Å²) in [6.07, 6.45) is 3.35. The van der Waals surface area contributed by atoms with Crippen molar-refractivity contribution in [2.75, 3.05) is 5.32 Å². The van der Waals surface area contributed by atoms with Gasteiger partial charge in [0.25, 0.3) is 5.91 Å². The SMILES string of the molecule is O=C(NCc1ccncc1)c1ccc(Nc2ccc(F)cc2F)c2ccccc12. The van der Waals surface area contributed by atoms with Crippen LogP contribution < -0.4 is 10.6 Å². The summed E-state index contributed by atoms with van der Waals surface area (Å²) >= 11 is 0. The maximum Gasteiger partial charge on any atom is 0.252 e. The zero-order valence-electron chi connectivity index (χ0n) is 15.3. The third-order valence-corrected chi connectivity index (χ3v) is 4.57. The number of hydrogen-bond donors (Lipinski definition) is 2. The Labute approximate surface area is 166 Å². The van der Waals surface area contributed by atoms with Gasteiger partial charge in [0.15, 0.2) is 0 Å². The van der Waals surface area contributed by atoms with E-state index in [1.807, 2.05) is 36.4 Å². The molecule has 0 radical (unpaired) electrons. The Balaban J connectivity index is 1.63. The third-order valence-electron chi connectivity index (χ3n) is 4.57. The summed E-state index contributed by atoms with van der Waals surface area (Å²) < 4.78 is 27.2. The molecule has 0 bridgehead atoms. The minimum absolute atomic E-state index is 0.159. The number of nitrogens with zero attached hydrogens (tertiary/aromatic N) is 1. The maximum absolute atomic E-state index is 14.0. The lowest BCUT2D eigenvalue weighted by atomic mass is 10.0. The molecule has 4 nitrogen and oxygen atoms in total. The minimum atomic E-state index is -0.687. The first-order valence-electron chi connectivity index (χ1n) is 9.03. The number of amides is 1. The second-order valence-corrected chi connectivity index (χ2v) is 6.49. The van der Waals surface area contributed by atoms with Gasteiger partial charge in [0.2, 0.25) is 0 Å². The van der Waals surface area contributed by atoms with Gasteiger partial charge in [0, 0.05) is 41.6 Å². The van der Waals surface area contributed by atoms with Gasteiger partial charge in [-0.3, -0.25) is 9.78 Å². The molecule has 1 heterocycles. The molecule has 3 aromatic carbocycles. The van der Waals surface area contributed by atoms with Crippen molar-refractivity contribution in [1.82, 2.24) is 10.3 Å². The van der Waals surface area contributed by atoms with Crippen LogP contribution in [0.15, 0.2) is 79.1 Å². The van der Waals surface area contributed by atoms with Gasteiger partial charge < -0.3 is 10.6 Å². The van der Waals surface area contributed by atoms with Crippen molar-refractivity contribution in [2.24, 2.45) is 0 Å². The Morgan fingerprint density at radius 1 is 0.862 bits per heavy atom. The van der Waals surface area contributed by atoms with Crippen LogP contribution in [0.3, 0.4) is 0 Å². The average Bonchev–Trinajstić information content (AvgIpc) is 2.75. The van der Waals surface area contributed by atoms with Crippen LogP contribution in [0.25, 0.3) is 10.8 Å². The van der Waals surface area contributed by atoms with Crippen molar-refractivity contribution in [3.8, 4) is 0 Å². The molecule has 144 valence electrons. The Morgan fingerprint density at radius 2 is 1.59 bits per heavy atom. The van der Waals surface area contributed by atoms with Crippen LogP contribution in [0.1, 0.15) is 15.9 Å². The van der Waals surface area contributed by atoms with E-state index in [-0.39, 0.29) is 11.6 Å². The van der Waals surface area contributed by atoms with E-state index in [1.165, 1.54) is 12.1 Å². The molecule has 0 aliphatic rings. The molecular weight excluding hydrogens is 372 g/mol. The molecule has 0 spiro atoms. The molecule has 0 aliphatic carbocycles. The highest BCUT2D eigenvalue weighted by atomic mass is 19.1. The number of carbonyl (C=O) groups is 1. The number of pyridine rings is 1. The number of carbonyl (C=O) groups excluding carboxylic acids is 1. The number of nitrogens with one attached hydrogen (secondary N) is 2. The monoisotopic (exact) mass is 389 g/mol. The van der Waals surface area contributed by atoms with Crippen molar-refractivity contribution in [3.05, 3.63) is 102 Å². The molecule has 1 aromatic heterocycles. The fourth-order valence-corrected chi connectivity index (χ4v) is 3.12. The highest BCUT2D eigenvalue weighted by Gasteiger charge is 2.13. The lowest BCUT2D eigenvalue weighted by Crippen LogP contribution is -2.23. The van der Waals surface area contributed by atoms with Gasteiger partial charge in [-0.15, -0.1) is 0 Å². The van der Waals surface area contributed by atoms with Gasteiger partial charge in [-0.05, 0) is 47.3 Å². The predicted molar refractivity (Wildman–Crippen MR) is 109 cm³/mol. The zero-order chi connectivity index (χ0) is 20.2. The van der Waals surface area contributed by atoms with E-state index >= 15 is 0 Å². The quantitative estimate of drug-likeness (QED) is 0.494. The number of fused-ring (bicyclic) bond motifs is 1. The van der Waals surface area contributed by atoms with E-state index in [0.717, 1.165) is 22.4 Å². The Bertz CT molecular complexity index is 1180. The Hall–Kier alpha value is -3.80. The van der Waals surface area contributed by atoms with Gasteiger partial charge in [0.1, 0.15) is 11.6 Å². The van der Waals surface area contributed by atoms with Crippen LogP contribution in [-0.4, -0.2) is 10.9 Å². The molecule has 1 amide bonds. The highest BCUT2D eigenvalue weighted by molar-refractivity contribution is 6.10. The summed E-state index contributed by atoms with van der Waals surface area (Å²) in [7, 11) is 0. The largest absolute Gasteiger partial charge is 0.353 e. The zero-order valence-corrected chi connectivity index (χ0v) is 15.3. The molecule has 0 unspecified atom stereocenters. The Kier molecular flexibility index (Phi) is 5.16. The topological polar surface area (TPSA) is 54.0 Å². The average molecular weight is 389 g/mol. The molecule has 6 heteroatoms. The summed E-state index contributed by atoms with van der Waals surface area (Å²) in [4.78, 5) is 16.7. The second kappa shape index (κ2) is 8.06. The molecule has 0 aliphatic heterocycles. The van der Waals surface area contributed by atoms with E-state index in [9.17, 15) is 13.6 Å². The lowest BCUT2D eigenvalue weighted by Gasteiger charge is -2.14. The number of hydrogen-bond acceptors (Lipinski definition) is 3. The molecule has 0 fully saturated rings. The number of aromatic nitrogens is 1. The molecule has 4 aromatic rings. The lowest BCUT2D eigenvalue weighted by molar-refractivity contribution is 0.0952. The van der Waals surface area contributed by atoms with Crippen molar-refractivity contribution in [1.29, 1.82) is 0 Å². The van der Waals surface area contributed by atoms with Gasteiger partial charge >= 0.3 is 0 Å². The van der Waals surface area contributed by atoms with Gasteiger partial charge in [0.05, 0.1) is 5.69 Å². The Morgan fingerprint density at radius 3 is 2.34 bits per heavy atom. The van der Waals surface area contributed by atoms with Gasteiger partial charge in [-0.25, -0.2) is 8.78 Å². The first-order chi connectivity index (χ1) is 14.1. The number of halogens is 2. The summed E-state index contributed by atoms with van der Waals surface area (Å²) in [6, 6.07) is 17.8. The third kappa shape index (κ3) is 4.06. The summed E-state index contributed by atoms with van der Waals surface area (Å²) in [5, 5.41) is 7.38. The molecule has 0 saturated carbocycles. The van der Waals surface area contributed by atoms with Crippen molar-refractivity contribution >= 4 is 28.1 Å². The minimum Gasteiger partial charge on any atom is -0.353 e. The van der Waals surface area contributed by atoms with Crippen LogP contribution in [-0.2, 0) is 6.54 Å². The fraction of sp³-hybridized carbons (Fsp3) is 0.0435. The first kappa shape index (κ1) is 18.6. The molecule has 4 rings (SSSR count). The van der Waals surface area contributed by atoms with Crippen LogP contribution in [0.5, 0.6) is 0 Å². The van der Waals surface area contributed by atoms with Crippen molar-refractivity contribution in [2.45, 2.75) is 6.54 Å². The van der Waals surface area contributed by atoms with Gasteiger partial charge in [-0.1, -0.05) is 24.3 Å². The number of anilines is 2. The van der Waals surface area contributed by atoms with Crippen LogP contribution in [0.4, 0.5) is 20.2 Å². The smallest absolute Gasteiger partial charge is 0.252 e. The van der Waals surface area contributed by atoms with Crippen molar-refractivity contribution < 1.29 is 13.6 Å². The van der Waals surface area contributed by atoms with E-state index < -0.39 is 11.6 Å². The molecule has 2 N–H and O–H groups in total. The molecule has 29 heavy (non-hydrogen) atoms. The van der Waals surface area contributed by atoms with E-state index in [0.29, 0.717) is 17.8 Å². The number of rotatable bonds is 5. The summed E-state index contributed by atoms with van der Waals surface area (Å²) in [5.41, 5.74) is 2.24. The second-order valence-electron chi connectivity index (χ2n) is 6.49. The van der Waals surface area contributed by atoms with Crippen LogP contribution >= 0.6 is 0 Å². The van der Waals surface area contributed by atoms with Crippen molar-refractivity contribution in [3.63, 3.8) is 0 Å². The first-order valence-corrected chi connectivity index (χ1v) is 9.03. The summed E-state index contributed by atoms with van der Waals surface area (Å²) in [5.74, 6) is -1.54. The van der Waals surface area contributed by atoms with E-state index in [2.05, 4.69) is 15.6 Å². The van der Waals surface area contributed by atoms with Gasteiger partial charge in [-0.2, -0.15) is 0 Å². The van der Waals surface area contributed by atoms with Crippen LogP contribution in [0.2, 0.25) is 0 Å². The predicted octanol–water partition coefficient (Wildman–Crippen LogP) is 5.19. The standard InChI is InChI=1S/C23H17F2N3O/c24-16-5-7-22(20(25)13-16)28-21-8-6-19(17-3-1-2-4-18(17)21)23(29)27-14-15-9-11-26-12-10-15/h1-13,28H,14H2,(H,27,29). The molecule has 0 atom stereocenters. The highest BCUT2D eigenvalue weighted by Crippen LogP contribution is 2.30. The van der Waals surface area contributed by atoms with Crippen LogP contribution in [0, 0.1) is 11.6 Å². The fourth-order valence-electron chi connectivity index (χ4n) is 3.12. The molecular formula is C23H17F2N3O. The normalized spacial score (nSPS) is 10.7. The maximum atomic E-state index is 14.0. The van der Waals surface area contributed by atoms with E-state index in [4.69, 9.17) is 0 Å². The summed E-state index contributed by atoms with van der Waals surface area (Å²) in [6.45, 7) is 0.385. The molecule has 0 saturated heterocycles. The van der Waals surface area contributed by atoms with E-state index in [1.54, 1.807) is 24.5 Å².